The van der Waals surface area contributed by atoms with Crippen LogP contribution >= 0.6 is 11.6 Å². The zero-order chi connectivity index (χ0) is 12.0. The Balaban J connectivity index is 1.95. The highest BCUT2D eigenvalue weighted by molar-refractivity contribution is 6.29. The lowest BCUT2D eigenvalue weighted by Gasteiger charge is -2.40. The number of nitrogens with zero attached hydrogens (tertiary/aromatic N) is 2. The van der Waals surface area contributed by atoms with Crippen LogP contribution < -0.4 is 4.74 Å². The number of aryl methyl sites for hydroxylation is 1. The second-order valence-corrected chi connectivity index (χ2v) is 5.08. The van der Waals surface area contributed by atoms with Gasteiger partial charge in [-0.1, -0.05) is 11.6 Å². The first-order valence-corrected chi connectivity index (χ1v) is 6.22. The summed E-state index contributed by atoms with van der Waals surface area (Å²) < 4.78 is 5.33. The van der Waals surface area contributed by atoms with E-state index in [2.05, 4.69) is 9.88 Å². The number of likely N-dealkylation sites (tertiary alicyclic amines) is 1. The summed E-state index contributed by atoms with van der Waals surface area (Å²) in [5, 5.41) is 9.88. The summed E-state index contributed by atoms with van der Waals surface area (Å²) in [6.45, 7) is 1.49. The Labute approximate surface area is 105 Å². The van der Waals surface area contributed by atoms with Gasteiger partial charge in [0.15, 0.2) is 0 Å². The molecule has 0 radical (unpaired) electrons. The molecule has 0 unspecified atom stereocenters. The number of hydrogen-bond acceptors (Lipinski definition) is 4. The molecule has 0 bridgehead atoms. The van der Waals surface area contributed by atoms with Crippen LogP contribution in [0.3, 0.4) is 0 Å². The molecule has 2 aliphatic rings. The topological polar surface area (TPSA) is 45.6 Å². The summed E-state index contributed by atoms with van der Waals surface area (Å²) in [4.78, 5) is 6.50. The van der Waals surface area contributed by atoms with Crippen molar-refractivity contribution in [2.75, 3.05) is 20.2 Å². The van der Waals surface area contributed by atoms with E-state index in [0.29, 0.717) is 17.1 Å². The van der Waals surface area contributed by atoms with Gasteiger partial charge in [-0.15, -0.1) is 0 Å². The van der Waals surface area contributed by atoms with Crippen LogP contribution in [0.2, 0.25) is 5.15 Å². The van der Waals surface area contributed by atoms with Gasteiger partial charge in [0.05, 0.1) is 13.2 Å². The van der Waals surface area contributed by atoms with Crippen LogP contribution in [-0.2, 0) is 6.42 Å². The van der Waals surface area contributed by atoms with Crippen molar-refractivity contribution in [2.45, 2.75) is 25.0 Å². The van der Waals surface area contributed by atoms with Gasteiger partial charge in [0, 0.05) is 24.7 Å². The van der Waals surface area contributed by atoms with E-state index >= 15 is 0 Å². The van der Waals surface area contributed by atoms with E-state index < -0.39 is 0 Å². The molecule has 3 rings (SSSR count). The fourth-order valence-corrected chi connectivity index (χ4v) is 3.02. The molecule has 4 nitrogen and oxygen atoms in total. The van der Waals surface area contributed by atoms with Crippen LogP contribution in [0.4, 0.5) is 0 Å². The number of aliphatic hydroxyl groups excluding tert-OH is 1. The third kappa shape index (κ3) is 1.80. The minimum atomic E-state index is -0.176. The van der Waals surface area contributed by atoms with E-state index in [9.17, 15) is 5.11 Å². The van der Waals surface area contributed by atoms with E-state index in [1.54, 1.807) is 7.11 Å². The minimum absolute atomic E-state index is 0.176. The molecule has 1 aromatic rings. The summed E-state index contributed by atoms with van der Waals surface area (Å²) in [6, 6.07) is 2.25. The van der Waals surface area contributed by atoms with E-state index in [1.165, 1.54) is 5.56 Å². The van der Waals surface area contributed by atoms with Gasteiger partial charge in [0.1, 0.15) is 5.15 Å². The van der Waals surface area contributed by atoms with Crippen LogP contribution in [0.1, 0.15) is 23.6 Å². The molecule has 0 aromatic carbocycles. The number of halogens is 1. The maximum absolute atomic E-state index is 9.39. The first-order valence-electron chi connectivity index (χ1n) is 5.84. The third-order valence-electron chi connectivity index (χ3n) is 3.62. The smallest absolute Gasteiger partial charge is 0.219 e. The predicted molar refractivity (Wildman–Crippen MR) is 64.4 cm³/mol. The normalized spacial score (nSPS) is 24.5. The summed E-state index contributed by atoms with van der Waals surface area (Å²) in [5.74, 6) is 0.636. The Morgan fingerprint density at radius 3 is 2.94 bits per heavy atom. The summed E-state index contributed by atoms with van der Waals surface area (Å²) >= 11 is 5.96. The van der Waals surface area contributed by atoms with E-state index in [0.717, 1.165) is 31.5 Å². The number of pyridine rings is 1. The average molecular weight is 255 g/mol. The van der Waals surface area contributed by atoms with Gasteiger partial charge in [-0.3, -0.25) is 4.90 Å². The third-order valence-corrected chi connectivity index (χ3v) is 3.82. The number of aromatic nitrogens is 1. The first-order chi connectivity index (χ1) is 8.19. The Hall–Kier alpha value is -0.840. The molecule has 0 spiro atoms. The highest BCUT2D eigenvalue weighted by Gasteiger charge is 2.37. The van der Waals surface area contributed by atoms with Gasteiger partial charge < -0.3 is 9.84 Å². The molecule has 1 aliphatic heterocycles. The number of ether oxygens (including phenoxy) is 1. The lowest BCUT2D eigenvalue weighted by Crippen LogP contribution is -2.51. The van der Waals surface area contributed by atoms with Gasteiger partial charge in [-0.2, -0.15) is 0 Å². The van der Waals surface area contributed by atoms with Crippen LogP contribution in [0.15, 0.2) is 6.07 Å². The maximum Gasteiger partial charge on any atom is 0.219 e. The number of fused-ring (bicyclic) bond motifs is 1. The van der Waals surface area contributed by atoms with Crippen molar-refractivity contribution in [3.05, 3.63) is 22.3 Å². The quantitative estimate of drug-likeness (QED) is 0.811. The molecule has 0 saturated carbocycles. The monoisotopic (exact) mass is 254 g/mol. The zero-order valence-electron chi connectivity index (χ0n) is 9.69. The Bertz CT molecular complexity index is 446. The first kappa shape index (κ1) is 11.3. The number of aliphatic hydroxyl groups is 1. The second kappa shape index (κ2) is 4.12. The van der Waals surface area contributed by atoms with Crippen molar-refractivity contribution in [1.82, 2.24) is 9.88 Å². The summed E-state index contributed by atoms with van der Waals surface area (Å²) in [6.07, 6.45) is 1.89. The predicted octanol–water partition coefficient (Wildman–Crippen LogP) is 1.41. The van der Waals surface area contributed by atoms with Gasteiger partial charge in [-0.05, 0) is 24.5 Å². The molecule has 1 saturated heterocycles. The Morgan fingerprint density at radius 1 is 1.53 bits per heavy atom. The van der Waals surface area contributed by atoms with Gasteiger partial charge in [-0.25, -0.2) is 4.98 Å². The van der Waals surface area contributed by atoms with Gasteiger partial charge in [0.2, 0.25) is 5.88 Å². The molecular weight excluding hydrogens is 240 g/mol. The van der Waals surface area contributed by atoms with Gasteiger partial charge >= 0.3 is 0 Å². The van der Waals surface area contributed by atoms with Crippen LogP contribution in [0, 0.1) is 0 Å². The number of rotatable bonds is 2. The molecule has 92 valence electrons. The molecule has 2 heterocycles. The van der Waals surface area contributed by atoms with Crippen molar-refractivity contribution in [2.24, 2.45) is 0 Å². The average Bonchev–Trinajstić information content (AvgIpc) is 2.67. The Kier molecular flexibility index (Phi) is 2.73. The molecule has 0 amide bonds. The molecule has 5 heteroatoms. The van der Waals surface area contributed by atoms with Crippen molar-refractivity contribution < 1.29 is 9.84 Å². The van der Waals surface area contributed by atoms with E-state index in [-0.39, 0.29) is 6.10 Å². The fraction of sp³-hybridized carbons (Fsp3) is 0.583. The van der Waals surface area contributed by atoms with E-state index in [1.807, 2.05) is 6.07 Å². The van der Waals surface area contributed by atoms with Crippen molar-refractivity contribution in [3.8, 4) is 5.88 Å². The standard InChI is InChI=1S/C12H15ClN2O2/c1-17-12-11-7(4-10(13)14-12)2-3-9(11)15-5-8(16)6-15/h4,8-9,16H,2-3,5-6H2,1H3/t9-/m0/s1. The second-order valence-electron chi connectivity index (χ2n) is 4.69. The molecule has 1 N–H and O–H groups in total. The van der Waals surface area contributed by atoms with Crippen molar-refractivity contribution >= 4 is 11.6 Å². The van der Waals surface area contributed by atoms with Gasteiger partial charge in [0.25, 0.3) is 0 Å². The molecule has 1 aromatic heterocycles. The molecule has 1 atom stereocenters. The Morgan fingerprint density at radius 2 is 2.29 bits per heavy atom. The fourth-order valence-electron chi connectivity index (χ4n) is 2.81. The lowest BCUT2D eigenvalue weighted by atomic mass is 10.0. The number of hydrogen-bond donors (Lipinski definition) is 1. The van der Waals surface area contributed by atoms with E-state index in [4.69, 9.17) is 16.3 Å². The highest BCUT2D eigenvalue weighted by atomic mass is 35.5. The van der Waals surface area contributed by atoms with Crippen LogP contribution in [0.25, 0.3) is 0 Å². The molecule has 17 heavy (non-hydrogen) atoms. The highest BCUT2D eigenvalue weighted by Crippen LogP contribution is 2.43. The van der Waals surface area contributed by atoms with Crippen LogP contribution in [0.5, 0.6) is 5.88 Å². The number of β-amino-alcohol motifs (C(OH)–C–C–N with tert-alkyl or cyclic N) is 1. The zero-order valence-corrected chi connectivity index (χ0v) is 10.4. The summed E-state index contributed by atoms with van der Waals surface area (Å²) in [5.41, 5.74) is 2.39. The molecule has 1 fully saturated rings. The minimum Gasteiger partial charge on any atom is -0.481 e. The largest absolute Gasteiger partial charge is 0.481 e. The lowest BCUT2D eigenvalue weighted by molar-refractivity contribution is -0.0256. The van der Waals surface area contributed by atoms with Crippen molar-refractivity contribution in [1.29, 1.82) is 0 Å². The SMILES string of the molecule is COc1nc(Cl)cc2c1[C@@H](N1CC(O)C1)CC2. The number of methoxy groups -OCH3 is 1. The summed E-state index contributed by atoms with van der Waals surface area (Å²) in [7, 11) is 1.62. The maximum atomic E-state index is 9.39. The van der Waals surface area contributed by atoms with Crippen molar-refractivity contribution in [3.63, 3.8) is 0 Å². The molecule has 1 aliphatic carbocycles. The van der Waals surface area contributed by atoms with Crippen LogP contribution in [-0.4, -0.2) is 41.3 Å². The molecular formula is C12H15ClN2O2.